The van der Waals surface area contributed by atoms with E-state index in [1.165, 1.54) is 19.2 Å². The number of aryl methyl sites for hydroxylation is 1. The molecule has 144 valence electrons. The molecule has 1 aliphatic rings. The highest BCUT2D eigenvalue weighted by atomic mass is 16.6. The summed E-state index contributed by atoms with van der Waals surface area (Å²) in [4.78, 5) is 37.3. The predicted molar refractivity (Wildman–Crippen MR) is 95.3 cm³/mol. The van der Waals surface area contributed by atoms with Gasteiger partial charge in [-0.1, -0.05) is 0 Å². The third kappa shape index (κ3) is 4.34. The van der Waals surface area contributed by atoms with E-state index < -0.39 is 28.3 Å². The number of hydrogen-bond donors (Lipinski definition) is 0. The van der Waals surface area contributed by atoms with Crippen molar-refractivity contribution in [2.45, 2.75) is 39.2 Å². The number of nitro benzene ring substituents is 1. The van der Waals surface area contributed by atoms with E-state index in [1.54, 1.807) is 20.8 Å². The van der Waals surface area contributed by atoms with E-state index in [0.29, 0.717) is 11.3 Å². The molecule has 1 heterocycles. The lowest BCUT2D eigenvalue weighted by molar-refractivity contribution is -0.385. The van der Waals surface area contributed by atoms with Gasteiger partial charge in [0.1, 0.15) is 18.1 Å². The number of carbonyl (C=O) groups is 2. The van der Waals surface area contributed by atoms with Gasteiger partial charge in [-0.3, -0.25) is 24.6 Å². The largest absolute Gasteiger partial charge is 0.490 e. The van der Waals surface area contributed by atoms with Crippen molar-refractivity contribution in [2.75, 3.05) is 18.6 Å². The van der Waals surface area contributed by atoms with E-state index >= 15 is 0 Å². The number of nitrogens with zero attached hydrogens (tertiary/aromatic N) is 3. The Morgan fingerprint density at radius 2 is 2.11 bits per heavy atom. The van der Waals surface area contributed by atoms with E-state index in [9.17, 15) is 19.7 Å². The van der Waals surface area contributed by atoms with Gasteiger partial charge in [-0.25, -0.2) is 0 Å². The number of rotatable bonds is 4. The third-order valence-corrected chi connectivity index (χ3v) is 4.05. The summed E-state index contributed by atoms with van der Waals surface area (Å²) < 4.78 is 10.4. The molecule has 1 aromatic carbocycles. The first kappa shape index (κ1) is 20.2. The fourth-order valence-corrected chi connectivity index (χ4v) is 2.91. The van der Waals surface area contributed by atoms with E-state index in [0.717, 1.165) is 4.90 Å². The number of nitro groups is 1. The molecule has 0 fully saturated rings. The third-order valence-electron chi connectivity index (χ3n) is 4.05. The number of methoxy groups -OCH3 is 1. The lowest BCUT2D eigenvalue weighted by atomic mass is 9.99. The van der Waals surface area contributed by atoms with Gasteiger partial charge < -0.3 is 9.47 Å². The van der Waals surface area contributed by atoms with Crippen LogP contribution in [0.2, 0.25) is 0 Å². The molecule has 0 aliphatic carbocycles. The minimum Gasteiger partial charge on any atom is -0.490 e. The number of nitriles is 1. The van der Waals surface area contributed by atoms with Crippen LogP contribution in [0.3, 0.4) is 0 Å². The van der Waals surface area contributed by atoms with E-state index in [-0.39, 0.29) is 30.8 Å². The van der Waals surface area contributed by atoms with E-state index in [4.69, 9.17) is 14.7 Å². The second kappa shape index (κ2) is 7.61. The van der Waals surface area contributed by atoms with Gasteiger partial charge >= 0.3 is 11.7 Å². The first-order valence-corrected chi connectivity index (χ1v) is 8.35. The Hall–Kier alpha value is -3.15. The SMILES string of the molecule is COc1cc2c(cc1[N+](=O)[O-])CC[C@@H](C(=O)OC(C)(C)C)C(=O)N2CC#N. The molecule has 0 saturated carbocycles. The molecule has 0 radical (unpaired) electrons. The van der Waals surface area contributed by atoms with E-state index in [2.05, 4.69) is 0 Å². The average Bonchev–Trinajstić information content (AvgIpc) is 2.69. The van der Waals surface area contributed by atoms with Crippen molar-refractivity contribution in [3.05, 3.63) is 27.8 Å². The average molecular weight is 375 g/mol. The van der Waals surface area contributed by atoms with Gasteiger partial charge in [0.15, 0.2) is 5.75 Å². The molecule has 27 heavy (non-hydrogen) atoms. The summed E-state index contributed by atoms with van der Waals surface area (Å²) in [5.41, 5.74) is -0.179. The Balaban J connectivity index is 2.51. The van der Waals surface area contributed by atoms with Crippen molar-refractivity contribution in [3.63, 3.8) is 0 Å². The van der Waals surface area contributed by atoms with Crippen LogP contribution in [0.5, 0.6) is 5.75 Å². The first-order chi connectivity index (χ1) is 12.6. The fourth-order valence-electron chi connectivity index (χ4n) is 2.91. The normalized spacial score (nSPS) is 16.8. The molecule has 9 heteroatoms. The molecule has 0 bridgehead atoms. The van der Waals surface area contributed by atoms with Crippen LogP contribution in [0.1, 0.15) is 32.8 Å². The van der Waals surface area contributed by atoms with Gasteiger partial charge in [0.05, 0.1) is 23.8 Å². The minimum atomic E-state index is -1.09. The van der Waals surface area contributed by atoms with Crippen LogP contribution in [-0.4, -0.2) is 36.1 Å². The van der Waals surface area contributed by atoms with Gasteiger partial charge in [0.25, 0.3) is 0 Å². The lowest BCUT2D eigenvalue weighted by Crippen LogP contribution is -2.41. The van der Waals surface area contributed by atoms with Crippen molar-refractivity contribution in [1.29, 1.82) is 5.26 Å². The van der Waals surface area contributed by atoms with Crippen molar-refractivity contribution >= 4 is 23.3 Å². The summed E-state index contributed by atoms with van der Waals surface area (Å²) >= 11 is 0. The number of hydrogen-bond acceptors (Lipinski definition) is 7. The zero-order valence-electron chi connectivity index (χ0n) is 15.6. The van der Waals surface area contributed by atoms with Gasteiger partial charge in [0, 0.05) is 12.1 Å². The zero-order valence-corrected chi connectivity index (χ0v) is 15.6. The highest BCUT2D eigenvalue weighted by Gasteiger charge is 2.38. The summed E-state index contributed by atoms with van der Waals surface area (Å²) in [6.45, 7) is 4.79. The van der Waals surface area contributed by atoms with Crippen molar-refractivity contribution in [2.24, 2.45) is 5.92 Å². The number of benzene rings is 1. The van der Waals surface area contributed by atoms with Crippen LogP contribution in [0.15, 0.2) is 12.1 Å². The maximum Gasteiger partial charge on any atom is 0.319 e. The van der Waals surface area contributed by atoms with Crippen LogP contribution in [0, 0.1) is 27.4 Å². The summed E-state index contributed by atoms with van der Waals surface area (Å²) in [6.07, 6.45) is 0.379. The van der Waals surface area contributed by atoms with E-state index in [1.807, 2.05) is 6.07 Å². The topological polar surface area (TPSA) is 123 Å². The predicted octanol–water partition coefficient (Wildman–Crippen LogP) is 2.36. The standard InChI is InChI=1S/C18H21N3O6/c1-18(2,3)27-17(23)12-6-5-11-9-14(21(24)25)15(26-4)10-13(11)20(8-7-19)16(12)22/h9-10,12H,5-6,8H2,1-4H3/t12-/m1/s1. The molecule has 0 saturated heterocycles. The molecule has 0 spiro atoms. The lowest BCUT2D eigenvalue weighted by Gasteiger charge is -2.26. The molecule has 0 unspecified atom stereocenters. The van der Waals surface area contributed by atoms with Gasteiger partial charge in [-0.2, -0.15) is 5.26 Å². The maximum atomic E-state index is 12.9. The molecule has 0 N–H and O–H groups in total. The number of anilines is 1. The minimum absolute atomic E-state index is 0.0230. The first-order valence-electron chi connectivity index (χ1n) is 8.35. The van der Waals surface area contributed by atoms with Crippen LogP contribution in [0.25, 0.3) is 0 Å². The Morgan fingerprint density at radius 1 is 1.44 bits per heavy atom. The molecular weight excluding hydrogens is 354 g/mol. The highest BCUT2D eigenvalue weighted by Crippen LogP contribution is 2.38. The van der Waals surface area contributed by atoms with Crippen LogP contribution in [-0.2, 0) is 20.7 Å². The highest BCUT2D eigenvalue weighted by molar-refractivity contribution is 6.07. The second-order valence-electron chi connectivity index (χ2n) is 7.12. The van der Waals surface area contributed by atoms with Crippen molar-refractivity contribution < 1.29 is 24.0 Å². The Morgan fingerprint density at radius 3 is 2.63 bits per heavy atom. The monoisotopic (exact) mass is 375 g/mol. The quantitative estimate of drug-likeness (QED) is 0.260. The Kier molecular flexibility index (Phi) is 5.69. The molecule has 1 atom stereocenters. The summed E-state index contributed by atoms with van der Waals surface area (Å²) in [7, 11) is 1.28. The molecular formula is C18H21N3O6. The van der Waals surface area contributed by atoms with Gasteiger partial charge in [0.2, 0.25) is 5.91 Å². The number of fused-ring (bicyclic) bond motifs is 1. The molecule has 1 aromatic rings. The number of esters is 1. The maximum absolute atomic E-state index is 12.9. The number of amides is 1. The van der Waals surface area contributed by atoms with Crippen LogP contribution in [0.4, 0.5) is 11.4 Å². The van der Waals surface area contributed by atoms with Crippen LogP contribution >= 0.6 is 0 Å². The molecule has 1 aliphatic heterocycles. The molecule has 9 nitrogen and oxygen atoms in total. The molecule has 2 rings (SSSR count). The van der Waals surface area contributed by atoms with Gasteiger partial charge in [-0.15, -0.1) is 0 Å². The number of carbonyl (C=O) groups excluding carboxylic acids is 2. The van der Waals surface area contributed by atoms with Gasteiger partial charge in [-0.05, 0) is 39.2 Å². The molecule has 0 aromatic heterocycles. The summed E-state index contributed by atoms with van der Waals surface area (Å²) in [5, 5.41) is 20.4. The van der Waals surface area contributed by atoms with Crippen molar-refractivity contribution in [3.8, 4) is 11.8 Å². The van der Waals surface area contributed by atoms with Crippen molar-refractivity contribution in [1.82, 2.24) is 0 Å². The van der Waals surface area contributed by atoms with Crippen LogP contribution < -0.4 is 9.64 Å². The fraction of sp³-hybridized carbons (Fsp3) is 0.500. The second-order valence-corrected chi connectivity index (χ2v) is 7.12. The number of ether oxygens (including phenoxy) is 2. The smallest absolute Gasteiger partial charge is 0.319 e. The Bertz CT molecular complexity index is 822. The summed E-state index contributed by atoms with van der Waals surface area (Å²) in [5.74, 6) is -2.36. The Labute approximate surface area is 156 Å². The zero-order chi connectivity index (χ0) is 20.4. The summed E-state index contributed by atoms with van der Waals surface area (Å²) in [6, 6.07) is 4.58. The molecule has 1 amide bonds.